The van der Waals surface area contributed by atoms with E-state index in [0.29, 0.717) is 18.6 Å². The molecule has 1 atom stereocenters. The maximum Gasteiger partial charge on any atom is 0.194 e. The number of nitrogens with zero attached hydrogens (tertiary/aromatic N) is 2. The molecule has 2 aliphatic rings. The van der Waals surface area contributed by atoms with Crippen LogP contribution in [-0.4, -0.2) is 57.4 Å². The van der Waals surface area contributed by atoms with E-state index in [2.05, 4.69) is 29.3 Å². The second-order valence-corrected chi connectivity index (χ2v) is 7.74. The molecule has 1 saturated heterocycles. The molecule has 1 aliphatic carbocycles. The summed E-state index contributed by atoms with van der Waals surface area (Å²) in [5, 5.41) is 3.43. The third-order valence-corrected chi connectivity index (χ3v) is 5.56. The van der Waals surface area contributed by atoms with Crippen LogP contribution in [0.4, 0.5) is 0 Å². The van der Waals surface area contributed by atoms with Gasteiger partial charge in [-0.05, 0) is 56.7 Å². The molecular formula is C22H36IN3O3. The number of hydrogen-bond acceptors (Lipinski definition) is 4. The summed E-state index contributed by atoms with van der Waals surface area (Å²) in [5.41, 5.74) is 1.14. The average Bonchev–Trinajstić information content (AvgIpc) is 3.38. The number of nitrogens with one attached hydrogen (secondary N) is 1. The SMILES string of the molecule is CCNC(=NCc1ccc(OC)c(OC2CCCC2)c1)N1CCC(COC)C1.I. The third kappa shape index (κ3) is 6.91. The van der Waals surface area contributed by atoms with Gasteiger partial charge < -0.3 is 24.4 Å². The lowest BCUT2D eigenvalue weighted by atomic mass is 10.1. The molecule has 6 nitrogen and oxygen atoms in total. The van der Waals surface area contributed by atoms with Crippen LogP contribution >= 0.6 is 24.0 Å². The van der Waals surface area contributed by atoms with Crippen LogP contribution in [0, 0.1) is 5.92 Å². The van der Waals surface area contributed by atoms with E-state index in [0.717, 1.165) is 68.5 Å². The number of guanidine groups is 1. The highest BCUT2D eigenvalue weighted by Crippen LogP contribution is 2.32. The molecule has 0 amide bonds. The molecular weight excluding hydrogens is 481 g/mol. The number of methoxy groups -OCH3 is 2. The fourth-order valence-electron chi connectivity index (χ4n) is 4.09. The zero-order valence-corrected chi connectivity index (χ0v) is 20.3. The smallest absolute Gasteiger partial charge is 0.194 e. The first-order chi connectivity index (χ1) is 13.7. The Kier molecular flexibility index (Phi) is 10.3. The number of aliphatic imine (C=N–C) groups is 1. The molecule has 1 aliphatic heterocycles. The predicted octanol–water partition coefficient (Wildman–Crippen LogP) is 4.07. The van der Waals surface area contributed by atoms with Gasteiger partial charge in [0.25, 0.3) is 0 Å². The Morgan fingerprint density at radius 3 is 2.66 bits per heavy atom. The van der Waals surface area contributed by atoms with Crippen LogP contribution in [0.5, 0.6) is 11.5 Å². The lowest BCUT2D eigenvalue weighted by Gasteiger charge is -2.22. The van der Waals surface area contributed by atoms with E-state index in [4.69, 9.17) is 19.2 Å². The van der Waals surface area contributed by atoms with Crippen LogP contribution in [0.3, 0.4) is 0 Å². The molecule has 1 aromatic rings. The maximum absolute atomic E-state index is 6.22. The molecule has 29 heavy (non-hydrogen) atoms. The Morgan fingerprint density at radius 2 is 1.97 bits per heavy atom. The van der Waals surface area contributed by atoms with Gasteiger partial charge >= 0.3 is 0 Å². The molecule has 1 aromatic carbocycles. The lowest BCUT2D eigenvalue weighted by Crippen LogP contribution is -2.40. The zero-order chi connectivity index (χ0) is 19.8. The second-order valence-electron chi connectivity index (χ2n) is 7.74. The highest BCUT2D eigenvalue weighted by Gasteiger charge is 2.24. The molecule has 0 aromatic heterocycles. The van der Waals surface area contributed by atoms with Crippen LogP contribution < -0.4 is 14.8 Å². The van der Waals surface area contributed by atoms with E-state index in [-0.39, 0.29) is 24.0 Å². The van der Waals surface area contributed by atoms with Crippen molar-refractivity contribution in [2.45, 2.75) is 51.7 Å². The van der Waals surface area contributed by atoms with Gasteiger partial charge in [0, 0.05) is 32.7 Å². The van der Waals surface area contributed by atoms with E-state index in [1.165, 1.54) is 12.8 Å². The van der Waals surface area contributed by atoms with Crippen LogP contribution in [0.25, 0.3) is 0 Å². The van der Waals surface area contributed by atoms with Crippen molar-refractivity contribution in [1.82, 2.24) is 10.2 Å². The summed E-state index contributed by atoms with van der Waals surface area (Å²) in [4.78, 5) is 7.22. The topological polar surface area (TPSA) is 55.3 Å². The van der Waals surface area contributed by atoms with Crippen molar-refractivity contribution in [2.24, 2.45) is 10.9 Å². The first kappa shape index (κ1) is 24.1. The highest BCUT2D eigenvalue weighted by atomic mass is 127. The van der Waals surface area contributed by atoms with Gasteiger partial charge in [-0.1, -0.05) is 6.07 Å². The Morgan fingerprint density at radius 1 is 1.17 bits per heavy atom. The number of ether oxygens (including phenoxy) is 3. The number of likely N-dealkylation sites (tertiary alicyclic amines) is 1. The van der Waals surface area contributed by atoms with Gasteiger partial charge in [-0.2, -0.15) is 0 Å². The van der Waals surface area contributed by atoms with Crippen LogP contribution in [0.15, 0.2) is 23.2 Å². The summed E-state index contributed by atoms with van der Waals surface area (Å²) < 4.78 is 17.0. The van der Waals surface area contributed by atoms with Crippen LogP contribution in [-0.2, 0) is 11.3 Å². The summed E-state index contributed by atoms with van der Waals surface area (Å²) in [6.45, 7) is 6.44. The summed E-state index contributed by atoms with van der Waals surface area (Å²) in [6.07, 6.45) is 6.24. The molecule has 3 rings (SSSR count). The molecule has 0 bridgehead atoms. The monoisotopic (exact) mass is 517 g/mol. The second kappa shape index (κ2) is 12.5. The van der Waals surface area contributed by atoms with Crippen LogP contribution in [0.2, 0.25) is 0 Å². The van der Waals surface area contributed by atoms with Crippen molar-refractivity contribution in [3.05, 3.63) is 23.8 Å². The van der Waals surface area contributed by atoms with Gasteiger partial charge in [0.1, 0.15) is 0 Å². The number of benzene rings is 1. The van der Waals surface area contributed by atoms with Gasteiger partial charge in [-0.25, -0.2) is 4.99 Å². The van der Waals surface area contributed by atoms with E-state index < -0.39 is 0 Å². The quantitative estimate of drug-likeness (QED) is 0.320. The van der Waals surface area contributed by atoms with Crippen molar-refractivity contribution in [3.8, 4) is 11.5 Å². The summed E-state index contributed by atoms with van der Waals surface area (Å²) >= 11 is 0. The van der Waals surface area contributed by atoms with Crippen molar-refractivity contribution in [1.29, 1.82) is 0 Å². The maximum atomic E-state index is 6.22. The molecule has 1 N–H and O–H groups in total. The van der Waals surface area contributed by atoms with Gasteiger partial charge in [-0.3, -0.25) is 0 Å². The number of hydrogen-bond donors (Lipinski definition) is 1. The molecule has 2 fully saturated rings. The van der Waals surface area contributed by atoms with Gasteiger partial charge in [0.05, 0.1) is 26.4 Å². The first-order valence-electron chi connectivity index (χ1n) is 10.6. The summed E-state index contributed by atoms with van der Waals surface area (Å²) in [5.74, 6) is 3.21. The number of rotatable bonds is 8. The van der Waals surface area contributed by atoms with Crippen molar-refractivity contribution in [2.75, 3.05) is 40.5 Å². The summed E-state index contributed by atoms with van der Waals surface area (Å²) in [6, 6.07) is 6.15. The van der Waals surface area contributed by atoms with E-state index in [1.807, 2.05) is 6.07 Å². The molecule has 164 valence electrons. The molecule has 0 radical (unpaired) electrons. The fraction of sp³-hybridized carbons (Fsp3) is 0.682. The highest BCUT2D eigenvalue weighted by molar-refractivity contribution is 14.0. The van der Waals surface area contributed by atoms with Crippen molar-refractivity contribution in [3.63, 3.8) is 0 Å². The molecule has 1 unspecified atom stereocenters. The van der Waals surface area contributed by atoms with E-state index >= 15 is 0 Å². The molecule has 7 heteroatoms. The first-order valence-corrected chi connectivity index (χ1v) is 10.6. The normalized spacial score (nSPS) is 19.9. The lowest BCUT2D eigenvalue weighted by molar-refractivity contribution is 0.157. The van der Waals surface area contributed by atoms with E-state index in [1.54, 1.807) is 14.2 Å². The number of halogens is 1. The Bertz CT molecular complexity index is 650. The Labute approximate surface area is 192 Å². The average molecular weight is 517 g/mol. The molecule has 1 heterocycles. The Balaban J connectivity index is 0.00000300. The van der Waals surface area contributed by atoms with Gasteiger partial charge in [0.15, 0.2) is 17.5 Å². The largest absolute Gasteiger partial charge is 0.493 e. The zero-order valence-electron chi connectivity index (χ0n) is 18.0. The fourth-order valence-corrected chi connectivity index (χ4v) is 4.09. The van der Waals surface area contributed by atoms with Gasteiger partial charge in [-0.15, -0.1) is 24.0 Å². The van der Waals surface area contributed by atoms with E-state index in [9.17, 15) is 0 Å². The standard InChI is InChI=1S/C22H35N3O3.HI/c1-4-23-22(25-12-11-18(15-25)16-26-2)24-14-17-9-10-20(27-3)21(13-17)28-19-7-5-6-8-19;/h9-10,13,18-19H,4-8,11-12,14-16H2,1-3H3,(H,23,24);1H. The van der Waals surface area contributed by atoms with Crippen LogP contribution in [0.1, 0.15) is 44.6 Å². The summed E-state index contributed by atoms with van der Waals surface area (Å²) in [7, 11) is 3.47. The molecule has 0 spiro atoms. The van der Waals surface area contributed by atoms with Gasteiger partial charge in [0.2, 0.25) is 0 Å². The minimum absolute atomic E-state index is 0. The third-order valence-electron chi connectivity index (χ3n) is 5.56. The van der Waals surface area contributed by atoms with Crippen molar-refractivity contribution >= 4 is 29.9 Å². The van der Waals surface area contributed by atoms with Crippen molar-refractivity contribution < 1.29 is 14.2 Å². The minimum atomic E-state index is 0. The minimum Gasteiger partial charge on any atom is -0.493 e. The Hall–Kier alpha value is -1.22. The molecule has 1 saturated carbocycles. The predicted molar refractivity (Wildman–Crippen MR) is 128 cm³/mol.